The zero-order chi connectivity index (χ0) is 91.9. The smallest absolute Gasteiger partial charge is 0.320 e. The number of unbranched alkanes of at least 4 members (excludes halogenated alkanes) is 3. The minimum absolute atomic E-state index is 0.00346. The van der Waals surface area contributed by atoms with Crippen LogP contribution < -0.4 is 21.7 Å². The van der Waals surface area contributed by atoms with E-state index in [0.717, 1.165) is 103 Å². The van der Waals surface area contributed by atoms with Crippen LogP contribution in [0.3, 0.4) is 0 Å². The van der Waals surface area contributed by atoms with E-state index in [1.165, 1.54) is 4.90 Å². The third-order valence-electron chi connectivity index (χ3n) is 26.0. The van der Waals surface area contributed by atoms with Gasteiger partial charge in [-0.1, -0.05) is 104 Å². The predicted octanol–water partition coefficient (Wildman–Crippen LogP) is 14.8. The fourth-order valence-electron chi connectivity index (χ4n) is 18.9. The standard InChI is InChI=1S/C35H46F3N5O2S.C32H38F3N5O4.C31H37F3N4O2S/c36-28-10-11-30(37)29(18-28)32-23-42(21-25-8-4-3-5-9-25)35(41-32)34(26-12-15-45-16-13-26)43(22-27-19-40-20-31(27)38)33(44)24-46-17-7-2-1-6-14-39;33-23-6-7-25(34)24(12-23)27-17-38(15-20-4-2-1-3-5-20)31(37-27)30(21-8-10-44-11-9-21)40(16-22-13-36-14-26(22)35)32(43)39-18-28(41)29(42)19-39;1-41-14-11-29(39)38(19-23-16-35-17-27(23)34)30(22-9-12-40-13-10-22)31-36-28(25-15-24(32)7-8-26(25)33)20-37(31)18-21-5-3-2-4-6-21/h3-5,8-11,18,23,26-27,31,34,40H,1-2,6-7,12-17,19-22,24,39H2;1-7,12,17,21-22,26,28-30,36,41-42H,8-11,13-16,18-19H2;2-8,15,20,22-23,27,30,35H,9-14,16-19H2,1H3/t27-,31-,34+;22-,26-,28-,29+,30+;23-,27-,30+/m000/s1. The van der Waals surface area contributed by atoms with Crippen molar-refractivity contribution in [2.45, 2.75) is 139 Å². The summed E-state index contributed by atoms with van der Waals surface area (Å²) >= 11 is 3.19. The Kier molecular flexibility index (Phi) is 36.0. The van der Waals surface area contributed by atoms with E-state index in [1.807, 2.05) is 121 Å². The fraction of sp³-hybridized carbons (Fsp3) is 0.510. The highest BCUT2D eigenvalue weighted by molar-refractivity contribution is 7.99. The number of carbonyl (C=O) groups excluding carboxylic acids is 3. The summed E-state index contributed by atoms with van der Waals surface area (Å²) in [5.41, 5.74) is 9.51. The number of imidazole rings is 3. The normalized spacial score (nSPS) is 21.5. The fourth-order valence-corrected chi connectivity index (χ4v) is 20.2. The average molecular weight is 1860 g/mol. The maximum Gasteiger partial charge on any atom is 0.320 e. The lowest BCUT2D eigenvalue weighted by atomic mass is 9.88. The Morgan fingerprint density at radius 3 is 1.15 bits per heavy atom. The van der Waals surface area contributed by atoms with Crippen LogP contribution in [0.5, 0.6) is 0 Å². The van der Waals surface area contributed by atoms with Crippen LogP contribution in [0.1, 0.15) is 123 Å². The van der Waals surface area contributed by atoms with Crippen molar-refractivity contribution in [2.24, 2.45) is 41.2 Å². The number of ether oxygens (including phenoxy) is 3. The Bertz CT molecular complexity index is 5110. The number of nitrogens with one attached hydrogen (secondary N) is 3. The zero-order valence-electron chi connectivity index (χ0n) is 74.0. The molecule has 4 amide bonds. The van der Waals surface area contributed by atoms with Crippen LogP contribution in [-0.2, 0) is 43.4 Å². The van der Waals surface area contributed by atoms with E-state index < -0.39 is 95.7 Å². The lowest BCUT2D eigenvalue weighted by molar-refractivity contribution is -0.137. The number of hydrogen-bond donors (Lipinski definition) is 6. The van der Waals surface area contributed by atoms with Gasteiger partial charge in [-0.25, -0.2) is 59.3 Å². The lowest BCUT2D eigenvalue weighted by Gasteiger charge is -2.41. The summed E-state index contributed by atoms with van der Waals surface area (Å²) in [4.78, 5) is 64.0. The van der Waals surface area contributed by atoms with Gasteiger partial charge in [0.1, 0.15) is 70.9 Å². The molecule has 22 nitrogen and oxygen atoms in total. The number of thioether (sulfide) groups is 2. The molecule has 131 heavy (non-hydrogen) atoms. The first-order valence-corrected chi connectivity index (χ1v) is 48.5. The quantitative estimate of drug-likeness (QED) is 0.0160. The molecule has 11 atom stereocenters. The van der Waals surface area contributed by atoms with Crippen LogP contribution in [-0.4, -0.2) is 249 Å². The number of urea groups is 1. The van der Waals surface area contributed by atoms with Crippen LogP contribution in [0.2, 0.25) is 0 Å². The summed E-state index contributed by atoms with van der Waals surface area (Å²) in [5, 5.41) is 29.9. The molecule has 7 saturated heterocycles. The molecule has 7 N–H and O–H groups in total. The molecule has 0 bridgehead atoms. The van der Waals surface area contributed by atoms with Gasteiger partial charge in [0.05, 0.1) is 66.3 Å². The van der Waals surface area contributed by atoms with Crippen molar-refractivity contribution >= 4 is 41.4 Å². The molecule has 10 heterocycles. The Labute approximate surface area is 768 Å². The van der Waals surface area contributed by atoms with Crippen molar-refractivity contribution in [1.82, 2.24) is 64.2 Å². The summed E-state index contributed by atoms with van der Waals surface area (Å²) in [6.07, 6.45) is 10.1. The van der Waals surface area contributed by atoms with Gasteiger partial charge in [0.15, 0.2) is 0 Å². The van der Waals surface area contributed by atoms with Crippen molar-refractivity contribution in [3.63, 3.8) is 0 Å². The first kappa shape index (κ1) is 97.9. The molecular formula is C98H121F9N14O8S2. The molecule has 0 saturated carbocycles. The number of amides is 4. The minimum Gasteiger partial charge on any atom is -0.388 e. The van der Waals surface area contributed by atoms with Crippen LogP contribution in [0.25, 0.3) is 33.8 Å². The van der Waals surface area contributed by atoms with Crippen molar-refractivity contribution in [1.29, 1.82) is 0 Å². The number of carbonyl (C=O) groups is 3. The molecule has 33 heteroatoms. The molecule has 7 fully saturated rings. The zero-order valence-corrected chi connectivity index (χ0v) is 75.7. The topological polar surface area (TPSA) is 248 Å². The Balaban J connectivity index is 0.000000159. The summed E-state index contributed by atoms with van der Waals surface area (Å²) < 4.78 is 156. The van der Waals surface area contributed by atoms with Gasteiger partial charge in [-0.05, 0) is 159 Å². The van der Waals surface area contributed by atoms with E-state index in [-0.39, 0.29) is 122 Å². The van der Waals surface area contributed by atoms with Gasteiger partial charge in [-0.15, -0.1) is 0 Å². The molecule has 0 spiro atoms. The number of nitrogens with two attached hydrogens (primary N) is 1. The number of aliphatic hydroxyl groups is 2. The number of halogens is 9. The minimum atomic E-state index is -1.17. The molecule has 6 aromatic carbocycles. The van der Waals surface area contributed by atoms with Gasteiger partial charge in [-0.2, -0.15) is 23.5 Å². The third kappa shape index (κ3) is 25.9. The van der Waals surface area contributed by atoms with Gasteiger partial charge >= 0.3 is 6.03 Å². The highest BCUT2D eigenvalue weighted by atomic mass is 32.2. The van der Waals surface area contributed by atoms with Gasteiger partial charge in [-0.3, -0.25) is 9.59 Å². The van der Waals surface area contributed by atoms with Crippen molar-refractivity contribution < 1.29 is 78.3 Å². The number of rotatable bonds is 35. The molecular weight excluding hydrogens is 1740 g/mol. The largest absolute Gasteiger partial charge is 0.388 e. The first-order chi connectivity index (χ1) is 63.7. The van der Waals surface area contributed by atoms with E-state index in [1.54, 1.807) is 47.0 Å². The number of likely N-dealkylation sites (tertiary alicyclic amines) is 1. The van der Waals surface area contributed by atoms with Crippen molar-refractivity contribution in [3.05, 3.63) is 233 Å². The van der Waals surface area contributed by atoms with E-state index in [0.29, 0.717) is 165 Å². The number of aromatic nitrogens is 6. The molecule has 7 aliphatic rings. The first-order valence-electron chi connectivity index (χ1n) is 45.9. The summed E-state index contributed by atoms with van der Waals surface area (Å²) in [7, 11) is 0. The number of nitrogens with zero attached hydrogens (tertiary/aromatic N) is 10. The molecule has 706 valence electrons. The molecule has 16 rings (SSSR count). The van der Waals surface area contributed by atoms with Gasteiger partial charge in [0.25, 0.3) is 0 Å². The highest BCUT2D eigenvalue weighted by Crippen LogP contribution is 2.44. The molecule has 7 aliphatic heterocycles. The number of benzene rings is 6. The SMILES string of the molecule is CSCCC(=O)N(C[C@@H]1CNC[C@@H]1F)[C@@H](c1nc(-c2cc(F)ccc2F)cn1Cc1ccccc1)C1CCOCC1.NCCCCCCSCC(=O)N(C[C@@H]1CNC[C@@H]1F)[C@@H](c1nc(-c2cc(F)ccc2F)cn1Cc1ccccc1)C1CCOCC1.O=C(N1C[C@@H](O)[C@@H](O)C1)N(C[C@@H]1CNC[C@@H]1F)[C@@H](c1nc(-c2cc(F)ccc2F)cn1Cc1ccccc1)C1CCOCC1. The van der Waals surface area contributed by atoms with Crippen LogP contribution in [0, 0.1) is 70.4 Å². The van der Waals surface area contributed by atoms with E-state index in [2.05, 4.69) is 16.0 Å². The Morgan fingerprint density at radius 2 is 0.802 bits per heavy atom. The number of alkyl halides is 3. The van der Waals surface area contributed by atoms with E-state index in [9.17, 15) is 46.5 Å². The summed E-state index contributed by atoms with van der Waals surface area (Å²) in [6, 6.07) is 37.1. The Morgan fingerprint density at radius 1 is 0.458 bits per heavy atom. The lowest BCUT2D eigenvalue weighted by Crippen LogP contribution is -2.50. The average Bonchev–Trinajstić information content (AvgIpc) is 1.65. The second-order valence-electron chi connectivity index (χ2n) is 35.2. The predicted molar refractivity (Wildman–Crippen MR) is 489 cm³/mol. The van der Waals surface area contributed by atoms with Gasteiger partial charge < -0.3 is 79.4 Å². The number of hydrogen-bond acceptors (Lipinski definition) is 17. The number of aliphatic hydroxyl groups excluding tert-OH is 2. The molecule has 3 aromatic heterocycles. The molecule has 0 radical (unpaired) electrons. The maximum absolute atomic E-state index is 15.1. The third-order valence-corrected chi connectivity index (χ3v) is 27.7. The molecule has 0 aliphatic carbocycles. The van der Waals surface area contributed by atoms with Gasteiger partial charge in [0.2, 0.25) is 11.8 Å². The second kappa shape index (κ2) is 48.2. The highest BCUT2D eigenvalue weighted by Gasteiger charge is 2.47. The Hall–Kier alpha value is -9.13. The number of β-amino-alcohol motifs (C(OH)–C–C–N with tert-alkyl or cyclic N) is 2. The molecule has 9 aromatic rings. The van der Waals surface area contributed by atoms with Crippen molar-refractivity contribution in [3.8, 4) is 33.8 Å². The van der Waals surface area contributed by atoms with Crippen LogP contribution in [0.15, 0.2) is 164 Å². The summed E-state index contributed by atoms with van der Waals surface area (Å²) in [5.74, 6) is -1.50. The second-order valence-corrected chi connectivity index (χ2v) is 37.3. The van der Waals surface area contributed by atoms with Crippen LogP contribution >= 0.6 is 23.5 Å². The maximum atomic E-state index is 15.1. The van der Waals surface area contributed by atoms with E-state index >= 15 is 17.6 Å². The monoisotopic (exact) mass is 1860 g/mol. The summed E-state index contributed by atoms with van der Waals surface area (Å²) in [6.45, 7) is 7.54. The molecule has 0 unspecified atom stereocenters. The van der Waals surface area contributed by atoms with Crippen molar-refractivity contribution in [2.75, 3.05) is 142 Å². The van der Waals surface area contributed by atoms with Crippen LogP contribution in [0.4, 0.5) is 44.3 Å². The van der Waals surface area contributed by atoms with Gasteiger partial charge in [0, 0.05) is 183 Å². The van der Waals surface area contributed by atoms with E-state index in [4.69, 9.17) is 34.9 Å².